The molecular formula is C6H13O2. The second-order valence-corrected chi connectivity index (χ2v) is 1.67. The predicted octanol–water partition coefficient (Wildman–Crippen LogP) is 1.23. The van der Waals surface area contributed by atoms with E-state index in [0.717, 1.165) is 13.0 Å². The quantitative estimate of drug-likeness (QED) is 0.498. The summed E-state index contributed by atoms with van der Waals surface area (Å²) in [5, 5.41) is 9.81. The Morgan fingerprint density at radius 1 is 1.38 bits per heavy atom. The molecule has 2 heteroatoms. The van der Waals surface area contributed by atoms with Crippen LogP contribution < -0.4 is 0 Å². The maximum absolute atomic E-state index is 9.81. The van der Waals surface area contributed by atoms with Gasteiger partial charge in [0.25, 0.3) is 0 Å². The average molecular weight is 117 g/mol. The first-order valence-corrected chi connectivity index (χ1v) is 3.07. The van der Waals surface area contributed by atoms with Crippen LogP contribution in [-0.4, -0.2) is 19.8 Å². The van der Waals surface area contributed by atoms with E-state index in [9.17, 15) is 5.11 Å². The van der Waals surface area contributed by atoms with Gasteiger partial charge in [-0.05, 0) is 12.8 Å². The van der Waals surface area contributed by atoms with Crippen LogP contribution in [0.1, 0.15) is 19.8 Å². The van der Waals surface area contributed by atoms with E-state index in [1.54, 1.807) is 0 Å². The van der Waals surface area contributed by atoms with Gasteiger partial charge in [-0.15, -0.1) is 0 Å². The van der Waals surface area contributed by atoms with Gasteiger partial charge in [-0.3, -0.25) is 0 Å². The van der Waals surface area contributed by atoms with Crippen LogP contribution in [0.5, 0.6) is 0 Å². The molecular weight excluding hydrogens is 104 g/mol. The summed E-state index contributed by atoms with van der Waals surface area (Å²) in [7, 11) is 0. The lowest BCUT2D eigenvalue weighted by atomic mass is 10.5. The van der Waals surface area contributed by atoms with Crippen molar-refractivity contribution in [1.82, 2.24) is 0 Å². The molecule has 0 heterocycles. The maximum atomic E-state index is 9.81. The summed E-state index contributed by atoms with van der Waals surface area (Å²) >= 11 is 0. The summed E-state index contributed by atoms with van der Waals surface area (Å²) in [5.74, 6) is 0. The monoisotopic (exact) mass is 117 g/mol. The molecule has 0 saturated heterocycles. The van der Waals surface area contributed by atoms with Gasteiger partial charge in [-0.25, -0.2) is 5.11 Å². The van der Waals surface area contributed by atoms with Gasteiger partial charge in [0.05, 0.1) is 6.61 Å². The van der Waals surface area contributed by atoms with Gasteiger partial charge in [0.15, 0.2) is 0 Å². The number of rotatable bonds is 5. The van der Waals surface area contributed by atoms with Crippen molar-refractivity contribution in [3.05, 3.63) is 0 Å². The largest absolute Gasteiger partial charge is 0.381 e. The minimum atomic E-state index is -0.0102. The highest BCUT2D eigenvalue weighted by Crippen LogP contribution is 1.82. The van der Waals surface area contributed by atoms with E-state index in [-0.39, 0.29) is 6.61 Å². The Hall–Kier alpha value is -0.0800. The van der Waals surface area contributed by atoms with E-state index in [1.165, 1.54) is 0 Å². The molecule has 2 nitrogen and oxygen atoms in total. The Bertz CT molecular complexity index is 31.5. The van der Waals surface area contributed by atoms with Gasteiger partial charge in [-0.1, -0.05) is 6.92 Å². The third kappa shape index (κ3) is 5.92. The molecule has 0 aromatic carbocycles. The molecule has 0 aliphatic heterocycles. The van der Waals surface area contributed by atoms with Crippen molar-refractivity contribution in [2.45, 2.75) is 19.8 Å². The molecule has 0 atom stereocenters. The zero-order valence-electron chi connectivity index (χ0n) is 5.35. The topological polar surface area (TPSA) is 29.1 Å². The average Bonchev–Trinajstić information content (AvgIpc) is 1.81. The molecule has 0 fully saturated rings. The minimum Gasteiger partial charge on any atom is -0.381 e. The molecule has 49 valence electrons. The van der Waals surface area contributed by atoms with Crippen molar-refractivity contribution < 1.29 is 9.84 Å². The Balaban J connectivity index is 2.53. The molecule has 0 aromatic rings. The lowest BCUT2D eigenvalue weighted by Gasteiger charge is -1.96. The molecule has 0 bridgehead atoms. The van der Waals surface area contributed by atoms with Gasteiger partial charge < -0.3 is 4.74 Å². The fourth-order valence-corrected chi connectivity index (χ4v) is 0.407. The first-order valence-electron chi connectivity index (χ1n) is 3.07. The normalized spacial score (nSPS) is 9.75. The predicted molar refractivity (Wildman–Crippen MR) is 31.3 cm³/mol. The summed E-state index contributed by atoms with van der Waals surface area (Å²) in [6, 6.07) is 0. The van der Waals surface area contributed by atoms with Crippen LogP contribution in [0.3, 0.4) is 0 Å². The van der Waals surface area contributed by atoms with Crippen molar-refractivity contribution >= 4 is 0 Å². The highest BCUT2D eigenvalue weighted by molar-refractivity contribution is 4.30. The van der Waals surface area contributed by atoms with E-state index in [0.29, 0.717) is 13.0 Å². The zero-order valence-corrected chi connectivity index (χ0v) is 5.35. The van der Waals surface area contributed by atoms with Crippen LogP contribution in [0.2, 0.25) is 0 Å². The molecule has 0 rings (SSSR count). The fraction of sp³-hybridized carbons (Fsp3) is 1.00. The molecule has 0 unspecified atom stereocenters. The van der Waals surface area contributed by atoms with Crippen LogP contribution in [0, 0.1) is 0 Å². The van der Waals surface area contributed by atoms with Crippen molar-refractivity contribution in [2.24, 2.45) is 0 Å². The number of ether oxygens (including phenoxy) is 1. The van der Waals surface area contributed by atoms with E-state index < -0.39 is 0 Å². The second-order valence-electron chi connectivity index (χ2n) is 1.67. The highest BCUT2D eigenvalue weighted by Gasteiger charge is 1.83. The minimum absolute atomic E-state index is 0.0102. The van der Waals surface area contributed by atoms with Crippen LogP contribution in [0.15, 0.2) is 0 Å². The van der Waals surface area contributed by atoms with Crippen molar-refractivity contribution in [3.8, 4) is 0 Å². The molecule has 0 aliphatic rings. The van der Waals surface area contributed by atoms with E-state index in [4.69, 9.17) is 4.74 Å². The van der Waals surface area contributed by atoms with E-state index in [2.05, 4.69) is 6.92 Å². The standard InChI is InChI=1S/C6H13O2/c1-2-5-8-6-3-4-7/h2-6H2,1H3. The molecule has 8 heavy (non-hydrogen) atoms. The fourth-order valence-electron chi connectivity index (χ4n) is 0.407. The molecule has 0 N–H and O–H groups in total. The Kier molecular flexibility index (Phi) is 6.85. The van der Waals surface area contributed by atoms with Crippen LogP contribution in [0.4, 0.5) is 0 Å². The molecule has 0 aliphatic carbocycles. The van der Waals surface area contributed by atoms with Crippen LogP contribution in [0.25, 0.3) is 0 Å². The number of hydrogen-bond acceptors (Lipinski definition) is 1. The summed E-state index contributed by atoms with van der Waals surface area (Å²) in [6.45, 7) is 3.47. The molecule has 0 aromatic heterocycles. The molecule has 0 amide bonds. The maximum Gasteiger partial charge on any atom is 0.0844 e. The Labute approximate surface area is 50.5 Å². The second kappa shape index (κ2) is 6.92. The number of hydrogen-bond donors (Lipinski definition) is 0. The lowest BCUT2D eigenvalue weighted by Crippen LogP contribution is -1.96. The van der Waals surface area contributed by atoms with Crippen molar-refractivity contribution in [3.63, 3.8) is 0 Å². The summed E-state index contributed by atoms with van der Waals surface area (Å²) in [5.41, 5.74) is 0. The molecule has 0 spiro atoms. The van der Waals surface area contributed by atoms with Gasteiger partial charge in [0.2, 0.25) is 0 Å². The summed E-state index contributed by atoms with van der Waals surface area (Å²) < 4.78 is 5.02. The summed E-state index contributed by atoms with van der Waals surface area (Å²) in [6.07, 6.45) is 1.69. The third-order valence-corrected chi connectivity index (χ3v) is 0.781. The smallest absolute Gasteiger partial charge is 0.0844 e. The molecule has 0 saturated carbocycles. The molecule has 1 radical (unpaired) electrons. The van der Waals surface area contributed by atoms with Gasteiger partial charge in [-0.2, -0.15) is 0 Å². The lowest BCUT2D eigenvalue weighted by molar-refractivity contribution is 0.0993. The van der Waals surface area contributed by atoms with Crippen LogP contribution >= 0.6 is 0 Å². The Morgan fingerprint density at radius 3 is 2.62 bits per heavy atom. The van der Waals surface area contributed by atoms with E-state index in [1.807, 2.05) is 0 Å². The Morgan fingerprint density at radius 2 is 2.12 bits per heavy atom. The SMILES string of the molecule is CCCOCCC[O]. The van der Waals surface area contributed by atoms with Crippen molar-refractivity contribution in [2.75, 3.05) is 19.8 Å². The third-order valence-electron chi connectivity index (χ3n) is 0.781. The highest BCUT2D eigenvalue weighted by atomic mass is 16.5. The van der Waals surface area contributed by atoms with Gasteiger partial charge >= 0.3 is 0 Å². The van der Waals surface area contributed by atoms with Crippen LogP contribution in [-0.2, 0) is 9.84 Å². The van der Waals surface area contributed by atoms with Gasteiger partial charge in [0, 0.05) is 13.2 Å². The first-order chi connectivity index (χ1) is 3.91. The zero-order chi connectivity index (χ0) is 6.24. The first kappa shape index (κ1) is 7.92. The van der Waals surface area contributed by atoms with Gasteiger partial charge in [0.1, 0.15) is 0 Å². The van der Waals surface area contributed by atoms with Crippen molar-refractivity contribution in [1.29, 1.82) is 0 Å². The van der Waals surface area contributed by atoms with E-state index >= 15 is 0 Å². The summed E-state index contributed by atoms with van der Waals surface area (Å²) in [4.78, 5) is 0.